The fourth-order valence-corrected chi connectivity index (χ4v) is 2.45. The van der Waals surface area contributed by atoms with E-state index in [9.17, 15) is 14.9 Å². The summed E-state index contributed by atoms with van der Waals surface area (Å²) in [7, 11) is 1.31. The first kappa shape index (κ1) is 17.7. The first-order chi connectivity index (χ1) is 11.4. The maximum atomic E-state index is 11.6. The molecule has 7 nitrogen and oxygen atoms in total. The summed E-state index contributed by atoms with van der Waals surface area (Å²) in [6, 6.07) is 8.37. The van der Waals surface area contributed by atoms with Crippen molar-refractivity contribution in [3.05, 3.63) is 63.1 Å². The Morgan fingerprint density at radius 1 is 1.33 bits per heavy atom. The van der Waals surface area contributed by atoms with Gasteiger partial charge in [0.25, 0.3) is 5.69 Å². The van der Waals surface area contributed by atoms with Gasteiger partial charge in [0.15, 0.2) is 0 Å². The second-order valence-corrected chi connectivity index (χ2v) is 5.45. The van der Waals surface area contributed by atoms with E-state index in [0.29, 0.717) is 18.8 Å². The molecule has 7 heteroatoms. The van der Waals surface area contributed by atoms with Crippen molar-refractivity contribution in [2.24, 2.45) is 0 Å². The lowest BCUT2D eigenvalue weighted by atomic mass is 10.2. The van der Waals surface area contributed by atoms with Crippen LogP contribution in [0.2, 0.25) is 0 Å². The second kappa shape index (κ2) is 7.74. The first-order valence-corrected chi connectivity index (χ1v) is 7.58. The molecular formula is C17H20N2O5. The molecule has 0 radical (unpaired) electrons. The number of esters is 1. The normalized spacial score (nSPS) is 10.8. The number of methoxy groups -OCH3 is 1. The minimum atomic E-state index is -0.500. The molecule has 128 valence electrons. The summed E-state index contributed by atoms with van der Waals surface area (Å²) in [4.78, 5) is 24.1. The van der Waals surface area contributed by atoms with E-state index in [1.165, 1.54) is 13.2 Å². The lowest BCUT2D eigenvalue weighted by molar-refractivity contribution is -0.384. The van der Waals surface area contributed by atoms with Crippen molar-refractivity contribution in [2.45, 2.75) is 26.9 Å². The van der Waals surface area contributed by atoms with Crippen LogP contribution in [0.5, 0.6) is 0 Å². The maximum absolute atomic E-state index is 11.6. The molecule has 0 saturated heterocycles. The molecule has 1 heterocycles. The quantitative estimate of drug-likeness (QED) is 0.439. The van der Waals surface area contributed by atoms with Crippen molar-refractivity contribution >= 4 is 11.7 Å². The number of nitrogens with zero attached hydrogens (tertiary/aromatic N) is 2. The molecule has 0 bridgehead atoms. The third kappa shape index (κ3) is 4.20. The number of benzene rings is 1. The van der Waals surface area contributed by atoms with Crippen LogP contribution in [0.1, 0.15) is 34.4 Å². The van der Waals surface area contributed by atoms with Crippen LogP contribution in [0.3, 0.4) is 0 Å². The molecule has 1 aromatic heterocycles. The molecule has 0 aliphatic rings. The Kier molecular flexibility index (Phi) is 5.70. The maximum Gasteiger partial charge on any atom is 0.374 e. The highest BCUT2D eigenvalue weighted by molar-refractivity contribution is 5.87. The molecule has 1 aromatic carbocycles. The van der Waals surface area contributed by atoms with Crippen LogP contribution in [0.15, 0.2) is 34.7 Å². The Bertz CT molecular complexity index is 738. The van der Waals surface area contributed by atoms with Gasteiger partial charge in [0.05, 0.1) is 18.6 Å². The minimum absolute atomic E-state index is 0.0744. The molecule has 0 aliphatic carbocycles. The predicted octanol–water partition coefficient (Wildman–Crippen LogP) is 3.30. The molecule has 2 rings (SSSR count). The molecular weight excluding hydrogens is 312 g/mol. The summed E-state index contributed by atoms with van der Waals surface area (Å²) < 4.78 is 10.3. The van der Waals surface area contributed by atoms with E-state index < -0.39 is 10.9 Å². The van der Waals surface area contributed by atoms with E-state index in [1.807, 2.05) is 19.1 Å². The Hall–Kier alpha value is -2.67. The summed E-state index contributed by atoms with van der Waals surface area (Å²) in [5.74, 6) is 0.361. The molecule has 0 atom stereocenters. The molecule has 0 fully saturated rings. The average Bonchev–Trinajstić information content (AvgIpc) is 2.94. The highest BCUT2D eigenvalue weighted by atomic mass is 16.6. The van der Waals surface area contributed by atoms with Crippen molar-refractivity contribution in [1.29, 1.82) is 0 Å². The van der Waals surface area contributed by atoms with Gasteiger partial charge in [-0.05, 0) is 25.1 Å². The zero-order chi connectivity index (χ0) is 17.7. The van der Waals surface area contributed by atoms with Gasteiger partial charge in [0.2, 0.25) is 5.76 Å². The number of ether oxygens (including phenoxy) is 1. The van der Waals surface area contributed by atoms with Gasteiger partial charge in [-0.25, -0.2) is 4.79 Å². The van der Waals surface area contributed by atoms with Crippen LogP contribution >= 0.6 is 0 Å². The predicted molar refractivity (Wildman–Crippen MR) is 87.7 cm³/mol. The van der Waals surface area contributed by atoms with Crippen LogP contribution in [0, 0.1) is 17.0 Å². The molecule has 24 heavy (non-hydrogen) atoms. The Labute approximate surface area is 140 Å². The van der Waals surface area contributed by atoms with Crippen molar-refractivity contribution in [1.82, 2.24) is 4.90 Å². The minimum Gasteiger partial charge on any atom is -0.463 e. The highest BCUT2D eigenvalue weighted by Crippen LogP contribution is 2.19. The molecule has 0 amide bonds. The topological polar surface area (TPSA) is 85.8 Å². The molecule has 0 N–H and O–H groups in total. The number of nitro benzene ring substituents is 1. The van der Waals surface area contributed by atoms with Crippen LogP contribution in [0.25, 0.3) is 0 Å². The smallest absolute Gasteiger partial charge is 0.374 e. The zero-order valence-corrected chi connectivity index (χ0v) is 13.9. The van der Waals surface area contributed by atoms with Gasteiger partial charge in [-0.1, -0.05) is 19.1 Å². The number of furan rings is 1. The third-order valence-corrected chi connectivity index (χ3v) is 3.69. The number of carbonyl (C=O) groups excluding carboxylic acids is 1. The van der Waals surface area contributed by atoms with E-state index >= 15 is 0 Å². The third-order valence-electron chi connectivity index (χ3n) is 3.69. The second-order valence-electron chi connectivity index (χ2n) is 5.45. The molecule has 0 spiro atoms. The van der Waals surface area contributed by atoms with E-state index in [4.69, 9.17) is 4.42 Å². The monoisotopic (exact) mass is 332 g/mol. The van der Waals surface area contributed by atoms with E-state index in [0.717, 1.165) is 17.7 Å². The number of nitro groups is 1. The summed E-state index contributed by atoms with van der Waals surface area (Å²) in [5, 5.41) is 10.9. The SMILES string of the molecule is CCN(Cc1cccc([N+](=O)[O-])c1)Cc1cc(C)c(C(=O)OC)o1. The summed E-state index contributed by atoms with van der Waals surface area (Å²) in [6.07, 6.45) is 0. The van der Waals surface area contributed by atoms with Gasteiger partial charge in [-0.2, -0.15) is 0 Å². The standard InChI is InChI=1S/C17H20N2O5/c1-4-18(10-13-6-5-7-14(9-13)19(21)22)11-15-8-12(2)16(24-15)17(20)23-3/h5-9H,4,10-11H2,1-3H3. The van der Waals surface area contributed by atoms with Gasteiger partial charge in [0, 0.05) is 24.2 Å². The van der Waals surface area contributed by atoms with Crippen molar-refractivity contribution in [3.63, 3.8) is 0 Å². The summed E-state index contributed by atoms with van der Waals surface area (Å²) in [6.45, 7) is 5.56. The lowest BCUT2D eigenvalue weighted by Crippen LogP contribution is -2.22. The number of aryl methyl sites for hydroxylation is 1. The van der Waals surface area contributed by atoms with Gasteiger partial charge in [-0.15, -0.1) is 0 Å². The van der Waals surface area contributed by atoms with Gasteiger partial charge in [-0.3, -0.25) is 15.0 Å². The number of carbonyl (C=O) groups is 1. The lowest BCUT2D eigenvalue weighted by Gasteiger charge is -2.19. The molecule has 0 saturated carbocycles. The van der Waals surface area contributed by atoms with Gasteiger partial charge < -0.3 is 9.15 Å². The number of hydrogen-bond acceptors (Lipinski definition) is 6. The summed E-state index contributed by atoms with van der Waals surface area (Å²) in [5.41, 5.74) is 1.65. The van der Waals surface area contributed by atoms with Crippen LogP contribution in [0.4, 0.5) is 5.69 Å². The molecule has 2 aromatic rings. The van der Waals surface area contributed by atoms with E-state index in [2.05, 4.69) is 9.64 Å². The fourth-order valence-electron chi connectivity index (χ4n) is 2.45. The molecule has 0 aliphatic heterocycles. The number of non-ortho nitro benzene ring substituents is 1. The van der Waals surface area contributed by atoms with Crippen LogP contribution < -0.4 is 0 Å². The van der Waals surface area contributed by atoms with Crippen molar-refractivity contribution in [2.75, 3.05) is 13.7 Å². The Balaban J connectivity index is 2.11. The number of rotatable bonds is 7. The van der Waals surface area contributed by atoms with Crippen LogP contribution in [-0.2, 0) is 17.8 Å². The van der Waals surface area contributed by atoms with Crippen molar-refractivity contribution < 1.29 is 18.9 Å². The Morgan fingerprint density at radius 3 is 2.71 bits per heavy atom. The zero-order valence-electron chi connectivity index (χ0n) is 13.9. The Morgan fingerprint density at radius 2 is 2.08 bits per heavy atom. The van der Waals surface area contributed by atoms with Gasteiger partial charge in [0.1, 0.15) is 5.76 Å². The fraction of sp³-hybridized carbons (Fsp3) is 0.353. The first-order valence-electron chi connectivity index (χ1n) is 7.58. The summed E-state index contributed by atoms with van der Waals surface area (Å²) >= 11 is 0. The van der Waals surface area contributed by atoms with Crippen molar-refractivity contribution in [3.8, 4) is 0 Å². The highest BCUT2D eigenvalue weighted by Gasteiger charge is 2.17. The molecule has 0 unspecified atom stereocenters. The van der Waals surface area contributed by atoms with E-state index in [-0.39, 0.29) is 11.4 Å². The van der Waals surface area contributed by atoms with E-state index in [1.54, 1.807) is 19.1 Å². The number of hydrogen-bond donors (Lipinski definition) is 0. The largest absolute Gasteiger partial charge is 0.463 e. The average molecular weight is 332 g/mol. The van der Waals surface area contributed by atoms with Gasteiger partial charge >= 0.3 is 5.97 Å². The van der Waals surface area contributed by atoms with Crippen LogP contribution in [-0.4, -0.2) is 29.4 Å².